The molecule has 6 nitrogen and oxygen atoms in total. The second-order valence-electron chi connectivity index (χ2n) is 4.76. The molecular formula is C17H14N2O4. The van der Waals surface area contributed by atoms with Crippen LogP contribution >= 0.6 is 0 Å². The van der Waals surface area contributed by atoms with Crippen molar-refractivity contribution in [3.8, 4) is 17.4 Å². The van der Waals surface area contributed by atoms with E-state index >= 15 is 0 Å². The van der Waals surface area contributed by atoms with Gasteiger partial charge in [-0.1, -0.05) is 6.07 Å². The van der Waals surface area contributed by atoms with E-state index in [-0.39, 0.29) is 5.57 Å². The summed E-state index contributed by atoms with van der Waals surface area (Å²) in [6.07, 6.45) is 1.28. The first-order valence-corrected chi connectivity index (χ1v) is 6.67. The Hall–Kier alpha value is -3.33. The molecule has 0 aliphatic heterocycles. The highest BCUT2D eigenvalue weighted by atomic mass is 16.5. The molecule has 2 N–H and O–H groups in total. The molecular weight excluding hydrogens is 296 g/mol. The molecule has 0 bridgehead atoms. The number of hydrogen-bond donors (Lipinski definition) is 1. The van der Waals surface area contributed by atoms with Gasteiger partial charge in [-0.2, -0.15) is 5.26 Å². The average molecular weight is 310 g/mol. The van der Waals surface area contributed by atoms with Gasteiger partial charge >= 0.3 is 5.97 Å². The molecule has 0 saturated heterocycles. The normalized spacial score (nSPS) is 10.9. The van der Waals surface area contributed by atoms with Gasteiger partial charge in [-0.3, -0.25) is 4.79 Å². The minimum Gasteiger partial charge on any atom is -0.465 e. The van der Waals surface area contributed by atoms with E-state index < -0.39 is 11.9 Å². The first-order chi connectivity index (χ1) is 11.0. The lowest BCUT2D eigenvalue weighted by atomic mass is 10.0. The minimum atomic E-state index is -0.816. The van der Waals surface area contributed by atoms with E-state index in [2.05, 4.69) is 4.74 Å². The molecule has 0 atom stereocenters. The fourth-order valence-electron chi connectivity index (χ4n) is 2.06. The quantitative estimate of drug-likeness (QED) is 0.530. The Balaban J connectivity index is 2.36. The van der Waals surface area contributed by atoms with E-state index in [4.69, 9.17) is 15.4 Å². The van der Waals surface area contributed by atoms with Gasteiger partial charge < -0.3 is 14.9 Å². The number of carbonyl (C=O) groups is 2. The third-order valence-electron chi connectivity index (χ3n) is 3.21. The topological polar surface area (TPSA) is 106 Å². The number of nitrogens with two attached hydrogens (primary N) is 1. The standard InChI is InChI=1S/C17H14N2O4/c1-10-7-11(17(21)22-2)3-5-14(10)15-6-4-13(23-15)8-12(9-18)16(19)20/h3-8H,1-2H3,(H2,19,20)/b12-8+. The van der Waals surface area contributed by atoms with Crippen LogP contribution in [-0.2, 0) is 9.53 Å². The maximum atomic E-state index is 11.5. The van der Waals surface area contributed by atoms with E-state index in [1.165, 1.54) is 13.2 Å². The van der Waals surface area contributed by atoms with Crippen LogP contribution < -0.4 is 5.73 Å². The monoisotopic (exact) mass is 310 g/mol. The van der Waals surface area contributed by atoms with Gasteiger partial charge in [0.1, 0.15) is 23.2 Å². The van der Waals surface area contributed by atoms with Crippen molar-refractivity contribution < 1.29 is 18.7 Å². The fourth-order valence-corrected chi connectivity index (χ4v) is 2.06. The summed E-state index contributed by atoms with van der Waals surface area (Å²) >= 11 is 0. The largest absolute Gasteiger partial charge is 0.465 e. The number of methoxy groups -OCH3 is 1. The molecule has 2 rings (SSSR count). The Morgan fingerprint density at radius 2 is 2.04 bits per heavy atom. The van der Waals surface area contributed by atoms with Gasteiger partial charge in [-0.05, 0) is 36.8 Å². The molecule has 6 heteroatoms. The van der Waals surface area contributed by atoms with Gasteiger partial charge in [0.25, 0.3) is 5.91 Å². The maximum absolute atomic E-state index is 11.5. The summed E-state index contributed by atoms with van der Waals surface area (Å²) in [5.41, 5.74) is 6.95. The van der Waals surface area contributed by atoms with Crippen molar-refractivity contribution in [3.05, 3.63) is 52.8 Å². The van der Waals surface area contributed by atoms with E-state index in [0.717, 1.165) is 11.1 Å². The van der Waals surface area contributed by atoms with Crippen LogP contribution in [0.25, 0.3) is 17.4 Å². The number of carbonyl (C=O) groups excluding carboxylic acids is 2. The molecule has 2 aromatic rings. The van der Waals surface area contributed by atoms with Crippen LogP contribution in [0.15, 0.2) is 40.3 Å². The van der Waals surface area contributed by atoms with Crippen LogP contribution in [0.3, 0.4) is 0 Å². The third kappa shape index (κ3) is 3.47. The number of primary amides is 1. The number of hydrogen-bond acceptors (Lipinski definition) is 5. The van der Waals surface area contributed by atoms with E-state index in [1.54, 1.807) is 36.4 Å². The second kappa shape index (κ2) is 6.62. The molecule has 0 saturated carbocycles. The van der Waals surface area contributed by atoms with Crippen LogP contribution in [0, 0.1) is 18.3 Å². The number of nitrogens with zero attached hydrogens (tertiary/aromatic N) is 1. The van der Waals surface area contributed by atoms with Crippen molar-refractivity contribution in [3.63, 3.8) is 0 Å². The fraction of sp³-hybridized carbons (Fsp3) is 0.118. The Labute approximate surface area is 132 Å². The smallest absolute Gasteiger partial charge is 0.337 e. The van der Waals surface area contributed by atoms with Crippen molar-refractivity contribution in [2.24, 2.45) is 5.73 Å². The summed E-state index contributed by atoms with van der Waals surface area (Å²) in [6.45, 7) is 1.84. The predicted molar refractivity (Wildman–Crippen MR) is 83.0 cm³/mol. The summed E-state index contributed by atoms with van der Waals surface area (Å²) in [7, 11) is 1.32. The molecule has 0 fully saturated rings. The summed E-state index contributed by atoms with van der Waals surface area (Å²) in [6, 6.07) is 10.1. The zero-order valence-corrected chi connectivity index (χ0v) is 12.6. The van der Waals surface area contributed by atoms with Gasteiger partial charge in [0, 0.05) is 11.6 Å². The molecule has 1 aromatic carbocycles. The van der Waals surface area contributed by atoms with Gasteiger partial charge in [-0.25, -0.2) is 4.79 Å². The number of ether oxygens (including phenoxy) is 1. The van der Waals surface area contributed by atoms with Crippen molar-refractivity contribution in [2.45, 2.75) is 6.92 Å². The molecule has 0 aliphatic rings. The van der Waals surface area contributed by atoms with Crippen LogP contribution in [0.4, 0.5) is 0 Å². The van der Waals surface area contributed by atoms with Crippen LogP contribution in [0.5, 0.6) is 0 Å². The molecule has 23 heavy (non-hydrogen) atoms. The second-order valence-corrected chi connectivity index (χ2v) is 4.76. The number of amides is 1. The maximum Gasteiger partial charge on any atom is 0.337 e. The number of aryl methyl sites for hydroxylation is 1. The molecule has 1 heterocycles. The van der Waals surface area contributed by atoms with Crippen molar-refractivity contribution in [1.29, 1.82) is 5.26 Å². The Bertz CT molecular complexity index is 841. The molecule has 0 spiro atoms. The molecule has 1 amide bonds. The van der Waals surface area contributed by atoms with E-state index in [9.17, 15) is 9.59 Å². The molecule has 1 aromatic heterocycles. The number of furan rings is 1. The lowest BCUT2D eigenvalue weighted by Gasteiger charge is -2.05. The highest BCUT2D eigenvalue weighted by Gasteiger charge is 2.12. The summed E-state index contributed by atoms with van der Waals surface area (Å²) in [5.74, 6) is -0.342. The molecule has 116 valence electrons. The van der Waals surface area contributed by atoms with Gasteiger partial charge in [0.15, 0.2) is 0 Å². The number of esters is 1. The zero-order chi connectivity index (χ0) is 17.0. The Morgan fingerprint density at radius 3 is 2.61 bits per heavy atom. The third-order valence-corrected chi connectivity index (χ3v) is 3.21. The summed E-state index contributed by atoms with van der Waals surface area (Å²) in [5, 5.41) is 8.83. The van der Waals surface area contributed by atoms with Gasteiger partial charge in [0.05, 0.1) is 12.7 Å². The minimum absolute atomic E-state index is 0.191. The highest BCUT2D eigenvalue weighted by molar-refractivity contribution is 6.00. The van der Waals surface area contributed by atoms with Crippen molar-refractivity contribution in [1.82, 2.24) is 0 Å². The number of rotatable bonds is 4. The first-order valence-electron chi connectivity index (χ1n) is 6.67. The summed E-state index contributed by atoms with van der Waals surface area (Å²) < 4.78 is 10.3. The van der Waals surface area contributed by atoms with Gasteiger partial charge in [-0.15, -0.1) is 0 Å². The predicted octanol–water partition coefficient (Wildman–Crippen LogP) is 2.43. The van der Waals surface area contributed by atoms with Crippen LogP contribution in [0.1, 0.15) is 21.7 Å². The lowest BCUT2D eigenvalue weighted by molar-refractivity contribution is -0.114. The molecule has 0 aliphatic carbocycles. The van der Waals surface area contributed by atoms with Crippen LogP contribution in [0.2, 0.25) is 0 Å². The summed E-state index contributed by atoms with van der Waals surface area (Å²) in [4.78, 5) is 22.5. The number of nitriles is 1. The zero-order valence-electron chi connectivity index (χ0n) is 12.6. The Kier molecular flexibility index (Phi) is 4.62. The lowest BCUT2D eigenvalue weighted by Crippen LogP contribution is -2.12. The molecule has 0 radical (unpaired) electrons. The molecule has 0 unspecified atom stereocenters. The van der Waals surface area contributed by atoms with Gasteiger partial charge in [0.2, 0.25) is 0 Å². The average Bonchev–Trinajstić information content (AvgIpc) is 2.99. The van der Waals surface area contributed by atoms with E-state index in [0.29, 0.717) is 17.1 Å². The van der Waals surface area contributed by atoms with Crippen LogP contribution in [-0.4, -0.2) is 19.0 Å². The van der Waals surface area contributed by atoms with Crippen molar-refractivity contribution >= 4 is 18.0 Å². The SMILES string of the molecule is COC(=O)c1ccc(-c2ccc(/C=C(\C#N)C(N)=O)o2)c(C)c1. The number of benzene rings is 1. The first kappa shape index (κ1) is 16.0. The van der Waals surface area contributed by atoms with Crippen molar-refractivity contribution in [2.75, 3.05) is 7.11 Å². The van der Waals surface area contributed by atoms with E-state index in [1.807, 2.05) is 6.92 Å². The Morgan fingerprint density at radius 1 is 1.30 bits per heavy atom. The highest BCUT2D eigenvalue weighted by Crippen LogP contribution is 2.27.